The van der Waals surface area contributed by atoms with E-state index in [1.165, 1.54) is 6.92 Å². The van der Waals surface area contributed by atoms with Crippen molar-refractivity contribution in [2.75, 3.05) is 0 Å². The van der Waals surface area contributed by atoms with E-state index in [9.17, 15) is 4.79 Å². The molecule has 0 saturated heterocycles. The van der Waals surface area contributed by atoms with E-state index in [2.05, 4.69) is 0 Å². The number of ketones is 1. The van der Waals surface area contributed by atoms with Crippen molar-refractivity contribution in [1.29, 1.82) is 0 Å². The van der Waals surface area contributed by atoms with E-state index in [4.69, 9.17) is 16.4 Å². The highest BCUT2D eigenvalue weighted by Gasteiger charge is 1.95. The Balaban J connectivity index is 0.000000561. The van der Waals surface area contributed by atoms with E-state index < -0.39 is 0 Å². The lowest BCUT2D eigenvalue weighted by Gasteiger charge is -1.92. The Morgan fingerprint density at radius 2 is 1.67 bits per heavy atom. The van der Waals surface area contributed by atoms with Crippen LogP contribution >= 0.6 is 11.6 Å². The molecule has 0 amide bonds. The molecule has 0 saturated carbocycles. The first-order valence-corrected chi connectivity index (χ1v) is 3.63. The molecule has 0 aliphatic carbocycles. The first-order valence-electron chi connectivity index (χ1n) is 3.25. The summed E-state index contributed by atoms with van der Waals surface area (Å²) in [6, 6.07) is 6.84. The fourth-order valence-corrected chi connectivity index (χ4v) is 0.811. The molecule has 0 heterocycles. The fraction of sp³-hybridized carbons (Fsp3) is 0.111. The van der Waals surface area contributed by atoms with E-state index >= 15 is 0 Å². The molecule has 0 atom stereocenters. The highest BCUT2D eigenvalue weighted by atomic mass is 35.5. The molecule has 1 rings (SSSR count). The molecule has 0 aliphatic rings. The Morgan fingerprint density at radius 3 is 2.00 bits per heavy atom. The van der Waals surface area contributed by atoms with Crippen molar-refractivity contribution in [2.45, 2.75) is 6.92 Å². The van der Waals surface area contributed by atoms with Crippen LogP contribution < -0.4 is 0 Å². The van der Waals surface area contributed by atoms with E-state index in [1.807, 2.05) is 6.79 Å². The minimum atomic E-state index is 0.0664. The van der Waals surface area contributed by atoms with Gasteiger partial charge >= 0.3 is 0 Å². The molecule has 3 heteroatoms. The Morgan fingerprint density at radius 1 is 1.25 bits per heavy atom. The monoisotopic (exact) mass is 184 g/mol. The number of benzene rings is 1. The average Bonchev–Trinajstić information content (AvgIpc) is 2.09. The first-order chi connectivity index (χ1) is 5.70. The average molecular weight is 185 g/mol. The van der Waals surface area contributed by atoms with Crippen LogP contribution in [0.1, 0.15) is 17.3 Å². The zero-order valence-corrected chi connectivity index (χ0v) is 7.47. The largest absolute Gasteiger partial charge is 0.307 e. The van der Waals surface area contributed by atoms with E-state index in [1.54, 1.807) is 24.3 Å². The minimum absolute atomic E-state index is 0.0664. The number of hydrogen-bond acceptors (Lipinski definition) is 2. The van der Waals surface area contributed by atoms with Crippen LogP contribution in [0.2, 0.25) is 5.02 Å². The Bertz CT molecular complexity index is 254. The lowest BCUT2D eigenvalue weighted by Crippen LogP contribution is -1.89. The van der Waals surface area contributed by atoms with Crippen molar-refractivity contribution in [2.24, 2.45) is 0 Å². The molecule has 0 fully saturated rings. The second kappa shape index (κ2) is 5.49. The Kier molecular flexibility index (Phi) is 4.97. The lowest BCUT2D eigenvalue weighted by atomic mass is 10.2. The molecule has 1 aromatic rings. The highest BCUT2D eigenvalue weighted by molar-refractivity contribution is 6.30. The predicted octanol–water partition coefficient (Wildman–Crippen LogP) is 2.36. The Labute approximate surface area is 76.2 Å². The van der Waals surface area contributed by atoms with Crippen LogP contribution in [0.3, 0.4) is 0 Å². The molecule has 1 aromatic carbocycles. The molecule has 0 aliphatic heterocycles. The summed E-state index contributed by atoms with van der Waals surface area (Å²) >= 11 is 5.61. The van der Waals surface area contributed by atoms with Crippen molar-refractivity contribution in [3.05, 3.63) is 34.9 Å². The normalized spacial score (nSPS) is 8.17. The molecule has 0 spiro atoms. The van der Waals surface area contributed by atoms with Gasteiger partial charge in [0.25, 0.3) is 0 Å². The number of Topliss-reactive ketones (excluding diaryl/α,β-unsaturated/α-hetero) is 1. The summed E-state index contributed by atoms with van der Waals surface area (Å²) in [5, 5.41) is 0.657. The predicted molar refractivity (Wildman–Crippen MR) is 48.6 cm³/mol. The summed E-state index contributed by atoms with van der Waals surface area (Å²) in [5.74, 6) is 0.0664. The molecule has 64 valence electrons. The van der Waals surface area contributed by atoms with Gasteiger partial charge in [0, 0.05) is 10.6 Å². The van der Waals surface area contributed by atoms with Crippen LogP contribution in [-0.4, -0.2) is 12.6 Å². The summed E-state index contributed by atoms with van der Waals surface area (Å²) in [6.07, 6.45) is 0. The molecule has 0 bridgehead atoms. The second-order valence-corrected chi connectivity index (χ2v) is 2.50. The fourth-order valence-electron chi connectivity index (χ4n) is 0.685. The number of rotatable bonds is 1. The molecular weight excluding hydrogens is 176 g/mol. The maximum Gasteiger partial charge on any atom is 0.159 e. The zero-order chi connectivity index (χ0) is 9.56. The van der Waals surface area contributed by atoms with Gasteiger partial charge in [0.05, 0.1) is 0 Å². The second-order valence-electron chi connectivity index (χ2n) is 2.06. The lowest BCUT2D eigenvalue weighted by molar-refractivity contribution is -0.0979. The van der Waals surface area contributed by atoms with Crippen molar-refractivity contribution in [3.8, 4) is 0 Å². The van der Waals surface area contributed by atoms with Gasteiger partial charge in [-0.1, -0.05) is 11.6 Å². The SMILES string of the molecule is C=O.CC(=O)c1ccc(Cl)cc1. The van der Waals surface area contributed by atoms with Gasteiger partial charge < -0.3 is 4.79 Å². The van der Waals surface area contributed by atoms with Gasteiger partial charge in [-0.2, -0.15) is 0 Å². The van der Waals surface area contributed by atoms with E-state index in [-0.39, 0.29) is 5.78 Å². The first kappa shape index (κ1) is 10.8. The molecular formula is C9H9ClO2. The third kappa shape index (κ3) is 3.30. The van der Waals surface area contributed by atoms with Crippen LogP contribution in [0.5, 0.6) is 0 Å². The number of halogens is 1. The van der Waals surface area contributed by atoms with Crippen LogP contribution in [0.4, 0.5) is 0 Å². The third-order valence-electron chi connectivity index (χ3n) is 1.25. The summed E-state index contributed by atoms with van der Waals surface area (Å²) in [5.41, 5.74) is 0.699. The molecule has 0 aromatic heterocycles. The smallest absolute Gasteiger partial charge is 0.159 e. The van der Waals surface area contributed by atoms with Crippen LogP contribution in [0.15, 0.2) is 24.3 Å². The topological polar surface area (TPSA) is 34.1 Å². The number of carbonyl (C=O) groups excluding carboxylic acids is 2. The van der Waals surface area contributed by atoms with E-state index in [0.717, 1.165) is 0 Å². The third-order valence-corrected chi connectivity index (χ3v) is 1.50. The van der Waals surface area contributed by atoms with Crippen molar-refractivity contribution >= 4 is 24.2 Å². The number of hydrogen-bond donors (Lipinski definition) is 0. The van der Waals surface area contributed by atoms with Gasteiger partial charge in [-0.3, -0.25) is 4.79 Å². The molecule has 0 N–H and O–H groups in total. The maximum absolute atomic E-state index is 10.7. The molecule has 2 nitrogen and oxygen atoms in total. The zero-order valence-electron chi connectivity index (χ0n) is 6.71. The molecule has 0 unspecified atom stereocenters. The molecule has 12 heavy (non-hydrogen) atoms. The summed E-state index contributed by atoms with van der Waals surface area (Å²) in [4.78, 5) is 18.7. The van der Waals surface area contributed by atoms with Gasteiger partial charge in [0.2, 0.25) is 0 Å². The van der Waals surface area contributed by atoms with Gasteiger partial charge in [-0.15, -0.1) is 0 Å². The van der Waals surface area contributed by atoms with Gasteiger partial charge in [-0.05, 0) is 31.2 Å². The maximum atomic E-state index is 10.7. The number of carbonyl (C=O) groups is 2. The van der Waals surface area contributed by atoms with Gasteiger partial charge in [0.15, 0.2) is 5.78 Å². The van der Waals surface area contributed by atoms with E-state index in [0.29, 0.717) is 10.6 Å². The summed E-state index contributed by atoms with van der Waals surface area (Å²) in [6.45, 7) is 3.53. The highest BCUT2D eigenvalue weighted by Crippen LogP contribution is 2.09. The quantitative estimate of drug-likeness (QED) is 0.628. The molecule has 0 radical (unpaired) electrons. The van der Waals surface area contributed by atoms with Crippen molar-refractivity contribution in [3.63, 3.8) is 0 Å². The van der Waals surface area contributed by atoms with Crippen LogP contribution in [0, 0.1) is 0 Å². The van der Waals surface area contributed by atoms with Crippen molar-refractivity contribution < 1.29 is 9.59 Å². The van der Waals surface area contributed by atoms with Crippen LogP contribution in [-0.2, 0) is 4.79 Å². The minimum Gasteiger partial charge on any atom is -0.307 e. The standard InChI is InChI=1S/C8H7ClO.CH2O/c1-6(10)7-2-4-8(9)5-3-7;1-2/h2-5H,1H3;1H2. The van der Waals surface area contributed by atoms with Crippen LogP contribution in [0.25, 0.3) is 0 Å². The van der Waals surface area contributed by atoms with Crippen molar-refractivity contribution in [1.82, 2.24) is 0 Å². The summed E-state index contributed by atoms with van der Waals surface area (Å²) < 4.78 is 0. The van der Waals surface area contributed by atoms with Gasteiger partial charge in [-0.25, -0.2) is 0 Å². The Hall–Kier alpha value is -1.15. The van der Waals surface area contributed by atoms with Gasteiger partial charge in [0.1, 0.15) is 6.79 Å². The summed E-state index contributed by atoms with van der Waals surface area (Å²) in [7, 11) is 0.